The number of nitrogens with one attached hydrogen (secondary N) is 1. The minimum Gasteiger partial charge on any atom is -0.394 e. The number of ether oxygens (including phenoxy) is 2. The lowest BCUT2D eigenvalue weighted by atomic mass is 9.99. The van der Waals surface area contributed by atoms with Gasteiger partial charge in [-0.3, -0.25) is 4.79 Å². The normalized spacial score (nSPS) is 18.9. The van der Waals surface area contributed by atoms with E-state index >= 15 is 0 Å². The number of aliphatic hydroxyl groups excluding tert-OH is 5. The lowest BCUT2D eigenvalue weighted by Gasteiger charge is -2.40. The number of amides is 1. The van der Waals surface area contributed by atoms with Gasteiger partial charge >= 0.3 is 0 Å². The van der Waals surface area contributed by atoms with Gasteiger partial charge in [-0.05, 0) is 38.5 Å². The van der Waals surface area contributed by atoms with Gasteiger partial charge in [0, 0.05) is 6.42 Å². The Bertz CT molecular complexity index is 1170. The van der Waals surface area contributed by atoms with E-state index in [1.807, 2.05) is 0 Å². The Morgan fingerprint density at radius 2 is 0.757 bits per heavy atom. The van der Waals surface area contributed by atoms with E-state index in [4.69, 9.17) is 9.47 Å². The highest BCUT2D eigenvalue weighted by Crippen LogP contribution is 2.24. The van der Waals surface area contributed by atoms with Gasteiger partial charge in [0.1, 0.15) is 24.4 Å². The summed E-state index contributed by atoms with van der Waals surface area (Å²) in [5.74, 6) is -0.137. The van der Waals surface area contributed by atoms with Crippen LogP contribution in [-0.4, -0.2) is 87.5 Å². The van der Waals surface area contributed by atoms with Crippen LogP contribution < -0.4 is 5.32 Å². The molecule has 1 aliphatic rings. The van der Waals surface area contributed by atoms with Crippen LogP contribution in [0.3, 0.4) is 0 Å². The third kappa shape index (κ3) is 43.9. The summed E-state index contributed by atoms with van der Waals surface area (Å²) in [5.41, 5.74) is 0. The number of carbonyl (C=O) groups excluding carboxylic acids is 1. The Kier molecular flexibility index (Phi) is 53.0. The zero-order valence-corrected chi connectivity index (χ0v) is 49.1. The molecular formula is C65H127NO8. The number of carbonyl (C=O) groups is 1. The van der Waals surface area contributed by atoms with E-state index in [1.54, 1.807) is 0 Å². The molecule has 74 heavy (non-hydrogen) atoms. The Morgan fingerprint density at radius 1 is 0.446 bits per heavy atom. The number of allylic oxidation sites excluding steroid dienone is 2. The maximum absolute atomic E-state index is 13.1. The van der Waals surface area contributed by atoms with Crippen molar-refractivity contribution in [1.82, 2.24) is 5.32 Å². The van der Waals surface area contributed by atoms with Crippen LogP contribution in [0.1, 0.15) is 341 Å². The molecule has 0 bridgehead atoms. The Morgan fingerprint density at radius 3 is 1.09 bits per heavy atom. The highest BCUT2D eigenvalue weighted by atomic mass is 16.7. The average Bonchev–Trinajstić information content (AvgIpc) is 3.40. The van der Waals surface area contributed by atoms with Crippen LogP contribution in [0.2, 0.25) is 0 Å². The lowest BCUT2D eigenvalue weighted by Crippen LogP contribution is -2.60. The van der Waals surface area contributed by atoms with Crippen LogP contribution >= 0.6 is 0 Å². The van der Waals surface area contributed by atoms with Crippen molar-refractivity contribution in [2.75, 3.05) is 13.2 Å². The Hall–Kier alpha value is -1.07. The molecule has 0 aromatic rings. The van der Waals surface area contributed by atoms with E-state index in [0.717, 1.165) is 38.5 Å². The Labute approximate surface area is 458 Å². The largest absolute Gasteiger partial charge is 0.394 e. The third-order valence-corrected chi connectivity index (χ3v) is 16.1. The molecule has 0 spiro atoms. The number of unbranched alkanes of at least 4 members (excludes halogenated alkanes) is 46. The molecule has 1 amide bonds. The third-order valence-electron chi connectivity index (χ3n) is 16.1. The fourth-order valence-corrected chi connectivity index (χ4v) is 10.9. The second-order valence-electron chi connectivity index (χ2n) is 23.3. The highest BCUT2D eigenvalue weighted by Gasteiger charge is 2.44. The van der Waals surface area contributed by atoms with Crippen LogP contribution in [0.4, 0.5) is 0 Å². The first-order valence-corrected chi connectivity index (χ1v) is 32.9. The summed E-state index contributed by atoms with van der Waals surface area (Å²) in [5, 5.41) is 54.7. The van der Waals surface area contributed by atoms with E-state index in [0.29, 0.717) is 12.8 Å². The van der Waals surface area contributed by atoms with Crippen LogP contribution in [0.5, 0.6) is 0 Å². The van der Waals surface area contributed by atoms with Gasteiger partial charge in [-0.2, -0.15) is 0 Å². The van der Waals surface area contributed by atoms with Gasteiger partial charge in [0.25, 0.3) is 0 Å². The second-order valence-corrected chi connectivity index (χ2v) is 23.3. The monoisotopic (exact) mass is 1050 g/mol. The maximum atomic E-state index is 13.1. The predicted octanol–water partition coefficient (Wildman–Crippen LogP) is 17.1. The van der Waals surface area contributed by atoms with E-state index in [-0.39, 0.29) is 12.5 Å². The quantitative estimate of drug-likeness (QED) is 0.0261. The molecule has 7 atom stereocenters. The van der Waals surface area contributed by atoms with E-state index in [2.05, 4.69) is 31.3 Å². The molecule has 9 nitrogen and oxygen atoms in total. The molecule has 7 unspecified atom stereocenters. The first kappa shape index (κ1) is 70.9. The van der Waals surface area contributed by atoms with Crippen LogP contribution in [0.15, 0.2) is 12.2 Å². The standard InChI is InChI=1S/C65H127NO8/c1-3-5-7-9-11-13-15-17-19-20-21-22-23-24-25-26-27-28-29-30-31-32-33-34-35-36-37-38-39-40-41-43-45-47-49-51-53-55-61(69)66-58(57-73-65-64(72)63(71)62(70)60(56-67)74-65)59(68)54-52-50-48-46-44-42-18-16-14-12-10-8-6-4-2/h20-21,58-60,62-65,67-68,70-72H,3-19,22-57H2,1-2H3,(H,66,69)/b21-20-. The van der Waals surface area contributed by atoms with Crippen LogP contribution in [0, 0.1) is 0 Å². The van der Waals surface area contributed by atoms with Crippen molar-refractivity contribution >= 4 is 5.91 Å². The molecule has 9 heteroatoms. The molecule has 1 fully saturated rings. The molecule has 1 saturated heterocycles. The van der Waals surface area contributed by atoms with Gasteiger partial charge < -0.3 is 40.3 Å². The zero-order valence-electron chi connectivity index (χ0n) is 49.1. The van der Waals surface area contributed by atoms with Crippen molar-refractivity contribution in [3.8, 4) is 0 Å². The number of hydrogen-bond donors (Lipinski definition) is 6. The summed E-state index contributed by atoms with van der Waals surface area (Å²) in [6.07, 6.45) is 62.9. The SMILES string of the molecule is CCCCCCCCCC/C=C\CCCCCCCCCCCCCCCCCCCCCCCCCCCC(=O)NC(COC1OC(CO)C(O)C(O)C1O)C(O)CCCCCCCCCCCCCCCC. The predicted molar refractivity (Wildman–Crippen MR) is 314 cm³/mol. The summed E-state index contributed by atoms with van der Waals surface area (Å²) in [4.78, 5) is 13.1. The molecule has 0 saturated carbocycles. The maximum Gasteiger partial charge on any atom is 0.220 e. The number of rotatable bonds is 58. The molecule has 0 radical (unpaired) electrons. The van der Waals surface area contributed by atoms with E-state index in [1.165, 1.54) is 276 Å². The molecule has 6 N–H and O–H groups in total. The summed E-state index contributed by atoms with van der Waals surface area (Å²) in [6.45, 7) is 3.88. The van der Waals surface area contributed by atoms with E-state index in [9.17, 15) is 30.3 Å². The Balaban J connectivity index is 2.02. The van der Waals surface area contributed by atoms with Crippen molar-refractivity contribution < 1.29 is 39.8 Å². The molecule has 1 heterocycles. The van der Waals surface area contributed by atoms with Gasteiger partial charge in [-0.15, -0.1) is 0 Å². The minimum absolute atomic E-state index is 0.132. The molecule has 0 aromatic carbocycles. The smallest absolute Gasteiger partial charge is 0.220 e. The summed E-state index contributed by atoms with van der Waals surface area (Å²) in [6, 6.07) is -0.714. The van der Waals surface area contributed by atoms with Crippen molar-refractivity contribution in [3.63, 3.8) is 0 Å². The van der Waals surface area contributed by atoms with Gasteiger partial charge in [0.2, 0.25) is 5.91 Å². The number of hydrogen-bond acceptors (Lipinski definition) is 8. The topological polar surface area (TPSA) is 149 Å². The second kappa shape index (κ2) is 55.3. The minimum atomic E-state index is -1.55. The van der Waals surface area contributed by atoms with Crippen molar-refractivity contribution in [2.24, 2.45) is 0 Å². The van der Waals surface area contributed by atoms with Crippen molar-refractivity contribution in [3.05, 3.63) is 12.2 Å². The molecule has 1 aliphatic heterocycles. The first-order chi connectivity index (χ1) is 36.3. The lowest BCUT2D eigenvalue weighted by molar-refractivity contribution is -0.302. The van der Waals surface area contributed by atoms with E-state index < -0.39 is 49.5 Å². The first-order valence-electron chi connectivity index (χ1n) is 32.9. The highest BCUT2D eigenvalue weighted by molar-refractivity contribution is 5.76. The summed E-state index contributed by atoms with van der Waals surface area (Å²) >= 11 is 0. The van der Waals surface area contributed by atoms with Crippen LogP contribution in [-0.2, 0) is 14.3 Å². The summed E-state index contributed by atoms with van der Waals surface area (Å²) < 4.78 is 11.3. The number of aliphatic hydroxyl groups is 5. The average molecular weight is 1050 g/mol. The fraction of sp³-hybridized carbons (Fsp3) is 0.954. The van der Waals surface area contributed by atoms with Crippen molar-refractivity contribution in [1.29, 1.82) is 0 Å². The van der Waals surface area contributed by atoms with Gasteiger partial charge in [-0.25, -0.2) is 0 Å². The zero-order chi connectivity index (χ0) is 53.6. The van der Waals surface area contributed by atoms with Crippen molar-refractivity contribution in [2.45, 2.75) is 384 Å². The molecule has 0 aromatic heterocycles. The molecule has 1 rings (SSSR count). The fourth-order valence-electron chi connectivity index (χ4n) is 10.9. The van der Waals surface area contributed by atoms with Gasteiger partial charge in [0.15, 0.2) is 6.29 Å². The molecule has 440 valence electrons. The summed E-state index contributed by atoms with van der Waals surface area (Å²) in [7, 11) is 0. The van der Waals surface area contributed by atoms with Gasteiger partial charge in [0.05, 0.1) is 25.4 Å². The molecule has 0 aliphatic carbocycles. The van der Waals surface area contributed by atoms with Crippen LogP contribution in [0.25, 0.3) is 0 Å². The van der Waals surface area contributed by atoms with Gasteiger partial charge in [-0.1, -0.05) is 309 Å². The molecular weight excluding hydrogens is 923 g/mol.